The van der Waals surface area contributed by atoms with E-state index in [9.17, 15) is 13.6 Å². The van der Waals surface area contributed by atoms with Crippen LogP contribution in [0.3, 0.4) is 0 Å². The molecule has 2 aromatic rings. The highest BCUT2D eigenvalue weighted by molar-refractivity contribution is 5.79. The number of carboxylic acid groups (broad SMARTS) is 1. The second kappa shape index (κ2) is 4.77. The monoisotopic (exact) mass is 296 g/mol. The average Bonchev–Trinajstić information content (AvgIpc) is 2.97. The third kappa shape index (κ3) is 2.27. The molecule has 1 aromatic carbocycles. The lowest BCUT2D eigenvalue weighted by Gasteiger charge is -2.23. The Morgan fingerprint density at radius 2 is 2.19 bits per heavy atom. The Kier molecular flexibility index (Phi) is 3.16. The van der Waals surface area contributed by atoms with E-state index in [1.807, 2.05) is 6.92 Å². The lowest BCUT2D eigenvalue weighted by molar-refractivity contribution is -0.137. The summed E-state index contributed by atoms with van der Waals surface area (Å²) in [5.41, 5.74) is -0.258. The van der Waals surface area contributed by atoms with Crippen LogP contribution in [0.1, 0.15) is 25.6 Å². The molecule has 1 fully saturated rings. The van der Waals surface area contributed by atoms with Crippen LogP contribution in [0, 0.1) is 11.6 Å². The maximum atomic E-state index is 13.5. The molecule has 1 atom stereocenters. The quantitative estimate of drug-likeness (QED) is 0.944. The molecule has 0 bridgehead atoms. The SMILES string of the molecule is CC1(c2nc3cc(F)c(F)cc3n2CC(=O)O)CCCO1. The molecule has 3 rings (SSSR count). The van der Waals surface area contributed by atoms with Crippen LogP contribution in [0.2, 0.25) is 0 Å². The van der Waals surface area contributed by atoms with Gasteiger partial charge in [-0.2, -0.15) is 0 Å². The smallest absolute Gasteiger partial charge is 0.323 e. The third-order valence-electron chi connectivity index (χ3n) is 3.78. The van der Waals surface area contributed by atoms with Crippen molar-refractivity contribution in [2.45, 2.75) is 31.9 Å². The highest BCUT2D eigenvalue weighted by Gasteiger charge is 2.37. The Morgan fingerprint density at radius 1 is 1.48 bits per heavy atom. The summed E-state index contributed by atoms with van der Waals surface area (Å²) in [6.45, 7) is 1.98. The van der Waals surface area contributed by atoms with Gasteiger partial charge in [0.1, 0.15) is 18.0 Å². The van der Waals surface area contributed by atoms with Crippen molar-refractivity contribution in [2.24, 2.45) is 0 Å². The van der Waals surface area contributed by atoms with Crippen LogP contribution in [-0.4, -0.2) is 27.2 Å². The predicted octanol–water partition coefficient (Wildman–Crippen LogP) is 2.42. The Morgan fingerprint density at radius 3 is 2.81 bits per heavy atom. The Bertz CT molecular complexity index is 721. The van der Waals surface area contributed by atoms with Crippen LogP contribution in [-0.2, 0) is 21.7 Å². The number of aliphatic carboxylic acids is 1. The van der Waals surface area contributed by atoms with Gasteiger partial charge in [0.05, 0.1) is 11.0 Å². The lowest BCUT2D eigenvalue weighted by atomic mass is 10.0. The van der Waals surface area contributed by atoms with Crippen molar-refractivity contribution in [3.8, 4) is 0 Å². The fraction of sp³-hybridized carbons (Fsp3) is 0.429. The van der Waals surface area contributed by atoms with Crippen LogP contribution in [0.4, 0.5) is 8.78 Å². The van der Waals surface area contributed by atoms with E-state index in [1.54, 1.807) is 0 Å². The minimum Gasteiger partial charge on any atom is -0.480 e. The van der Waals surface area contributed by atoms with Crippen molar-refractivity contribution >= 4 is 17.0 Å². The number of nitrogens with zero attached hydrogens (tertiary/aromatic N) is 2. The topological polar surface area (TPSA) is 64.4 Å². The number of imidazole rings is 1. The first-order valence-electron chi connectivity index (χ1n) is 6.62. The fourth-order valence-corrected chi connectivity index (χ4v) is 2.77. The van der Waals surface area contributed by atoms with Crippen LogP contribution in [0.15, 0.2) is 12.1 Å². The number of hydrogen-bond donors (Lipinski definition) is 1. The molecule has 1 N–H and O–H groups in total. The number of hydrogen-bond acceptors (Lipinski definition) is 3. The summed E-state index contributed by atoms with van der Waals surface area (Å²) in [4.78, 5) is 15.4. The minimum absolute atomic E-state index is 0.224. The molecule has 1 unspecified atom stereocenters. The number of ether oxygens (including phenoxy) is 1. The van der Waals surface area contributed by atoms with E-state index in [1.165, 1.54) is 4.57 Å². The number of fused-ring (bicyclic) bond motifs is 1. The van der Waals surface area contributed by atoms with E-state index in [-0.39, 0.29) is 17.6 Å². The largest absolute Gasteiger partial charge is 0.480 e. The number of carbonyl (C=O) groups is 1. The van der Waals surface area contributed by atoms with Crippen molar-refractivity contribution in [3.63, 3.8) is 0 Å². The lowest BCUT2D eigenvalue weighted by Crippen LogP contribution is -2.27. The standard InChI is InChI=1S/C14H14F2N2O3/c1-14(3-2-4-21-14)13-17-10-5-8(15)9(16)6-11(10)18(13)7-12(19)20/h5-6H,2-4,7H2,1H3,(H,19,20). The molecule has 0 saturated carbocycles. The van der Waals surface area contributed by atoms with Crippen LogP contribution < -0.4 is 0 Å². The molecular weight excluding hydrogens is 282 g/mol. The fourth-order valence-electron chi connectivity index (χ4n) is 2.77. The normalized spacial score (nSPS) is 22.0. The summed E-state index contributed by atoms with van der Waals surface area (Å²) in [7, 11) is 0. The highest BCUT2D eigenvalue weighted by atomic mass is 19.2. The first kappa shape index (κ1) is 13.9. The van der Waals surface area contributed by atoms with Gasteiger partial charge in [-0.3, -0.25) is 4.79 Å². The zero-order valence-electron chi connectivity index (χ0n) is 11.4. The van der Waals surface area contributed by atoms with Crippen LogP contribution in [0.25, 0.3) is 11.0 Å². The molecule has 5 nitrogen and oxygen atoms in total. The van der Waals surface area contributed by atoms with E-state index in [4.69, 9.17) is 9.84 Å². The molecule has 0 aliphatic carbocycles. The van der Waals surface area contributed by atoms with Crippen LogP contribution in [0.5, 0.6) is 0 Å². The Hall–Kier alpha value is -2.02. The molecule has 112 valence electrons. The summed E-state index contributed by atoms with van der Waals surface area (Å²) >= 11 is 0. The van der Waals surface area contributed by atoms with Gasteiger partial charge in [-0.1, -0.05) is 0 Å². The van der Waals surface area contributed by atoms with Crippen molar-refractivity contribution in [3.05, 3.63) is 29.6 Å². The number of rotatable bonds is 3. The molecule has 21 heavy (non-hydrogen) atoms. The second-order valence-electron chi connectivity index (χ2n) is 5.35. The first-order valence-corrected chi connectivity index (χ1v) is 6.62. The second-order valence-corrected chi connectivity index (χ2v) is 5.35. The molecule has 0 amide bonds. The summed E-state index contributed by atoms with van der Waals surface area (Å²) in [6, 6.07) is 1.95. The van der Waals surface area contributed by atoms with E-state index < -0.39 is 23.2 Å². The molecule has 0 spiro atoms. The maximum absolute atomic E-state index is 13.5. The zero-order chi connectivity index (χ0) is 15.2. The van der Waals surface area contributed by atoms with Crippen molar-refractivity contribution in [2.75, 3.05) is 6.61 Å². The van der Waals surface area contributed by atoms with E-state index in [2.05, 4.69) is 4.98 Å². The van der Waals surface area contributed by atoms with Gasteiger partial charge in [-0.15, -0.1) is 0 Å². The number of halogens is 2. The van der Waals surface area contributed by atoms with Gasteiger partial charge < -0.3 is 14.4 Å². The van der Waals surface area contributed by atoms with Gasteiger partial charge in [-0.25, -0.2) is 13.8 Å². The van der Waals surface area contributed by atoms with Crippen molar-refractivity contribution in [1.82, 2.24) is 9.55 Å². The zero-order valence-corrected chi connectivity index (χ0v) is 11.4. The predicted molar refractivity (Wildman–Crippen MR) is 69.8 cm³/mol. The average molecular weight is 296 g/mol. The van der Waals surface area contributed by atoms with Gasteiger partial charge in [0, 0.05) is 18.7 Å². The molecule has 1 aliphatic rings. The molecular formula is C14H14F2N2O3. The maximum Gasteiger partial charge on any atom is 0.323 e. The Labute approximate surface area is 119 Å². The molecule has 1 aromatic heterocycles. The third-order valence-corrected chi connectivity index (χ3v) is 3.78. The number of aromatic nitrogens is 2. The number of benzene rings is 1. The van der Waals surface area contributed by atoms with Gasteiger partial charge in [0.25, 0.3) is 0 Å². The van der Waals surface area contributed by atoms with Gasteiger partial charge in [0.2, 0.25) is 0 Å². The van der Waals surface area contributed by atoms with Gasteiger partial charge in [0.15, 0.2) is 11.6 Å². The van der Waals surface area contributed by atoms with Crippen LogP contribution >= 0.6 is 0 Å². The molecule has 1 aliphatic heterocycles. The first-order chi connectivity index (χ1) is 9.90. The summed E-state index contributed by atoms with van der Waals surface area (Å²) < 4.78 is 33.9. The summed E-state index contributed by atoms with van der Waals surface area (Å²) in [5, 5.41) is 9.06. The molecule has 1 saturated heterocycles. The van der Waals surface area contributed by atoms with Gasteiger partial charge in [-0.05, 0) is 19.8 Å². The minimum atomic E-state index is -1.08. The summed E-state index contributed by atoms with van der Waals surface area (Å²) in [6.07, 6.45) is 1.51. The van der Waals surface area contributed by atoms with Crippen molar-refractivity contribution in [1.29, 1.82) is 0 Å². The summed E-state index contributed by atoms with van der Waals surface area (Å²) in [5.74, 6) is -2.73. The van der Waals surface area contributed by atoms with Gasteiger partial charge >= 0.3 is 5.97 Å². The number of carboxylic acids is 1. The molecule has 0 radical (unpaired) electrons. The van der Waals surface area contributed by atoms with E-state index in [0.717, 1.165) is 18.6 Å². The highest BCUT2D eigenvalue weighted by Crippen LogP contribution is 2.36. The van der Waals surface area contributed by atoms with Crippen molar-refractivity contribution < 1.29 is 23.4 Å². The molecule has 7 heteroatoms. The van der Waals surface area contributed by atoms with E-state index >= 15 is 0 Å². The van der Waals surface area contributed by atoms with E-state index in [0.29, 0.717) is 18.9 Å². The Balaban J connectivity index is 2.24. The molecule has 2 heterocycles.